The molecule has 0 aliphatic carbocycles. The van der Waals surface area contributed by atoms with E-state index in [1.807, 2.05) is 24.3 Å². The smallest absolute Gasteiger partial charge is 0.249 e. The molecule has 11 heavy (non-hydrogen) atoms. The van der Waals surface area contributed by atoms with E-state index in [1.165, 1.54) is 0 Å². The van der Waals surface area contributed by atoms with Crippen LogP contribution in [0.5, 0.6) is 11.5 Å². The van der Waals surface area contributed by atoms with Gasteiger partial charge in [0.05, 0.1) is 0 Å². The lowest BCUT2D eigenvalue weighted by Gasteiger charge is -2.20. The second kappa shape index (κ2) is 2.74. The lowest BCUT2D eigenvalue weighted by molar-refractivity contribution is 0.213. The molecular formula is C8H6BrO2. The summed E-state index contributed by atoms with van der Waals surface area (Å²) in [5.41, 5.74) is 0. The highest BCUT2D eigenvalue weighted by Crippen LogP contribution is 2.34. The summed E-state index contributed by atoms with van der Waals surface area (Å²) in [7, 11) is 0. The molecule has 2 rings (SSSR count). The molecule has 1 aromatic rings. The normalized spacial score (nSPS) is 16.5. The summed E-state index contributed by atoms with van der Waals surface area (Å²) in [5, 5.41) is 0.719. The molecule has 0 unspecified atom stereocenters. The van der Waals surface area contributed by atoms with E-state index in [4.69, 9.17) is 9.47 Å². The van der Waals surface area contributed by atoms with Crippen molar-refractivity contribution in [3.63, 3.8) is 0 Å². The number of para-hydroxylation sites is 2. The Morgan fingerprint density at radius 3 is 2.73 bits per heavy atom. The number of fused-ring (bicyclic) bond motifs is 1. The van der Waals surface area contributed by atoms with Gasteiger partial charge in [-0.05, 0) is 28.1 Å². The maximum atomic E-state index is 5.34. The predicted octanol–water partition coefficient (Wildman–Crippen LogP) is 2.34. The minimum atomic E-state index is 0.483. The van der Waals surface area contributed by atoms with Crippen LogP contribution in [0.15, 0.2) is 24.3 Å². The van der Waals surface area contributed by atoms with Gasteiger partial charge in [-0.15, -0.1) is 0 Å². The molecule has 1 aliphatic rings. The van der Waals surface area contributed by atoms with Gasteiger partial charge in [0, 0.05) is 0 Å². The lowest BCUT2D eigenvalue weighted by Crippen LogP contribution is -2.15. The van der Waals surface area contributed by atoms with Gasteiger partial charge in [0.1, 0.15) is 6.61 Å². The Balaban J connectivity index is 2.34. The second-order valence-electron chi connectivity index (χ2n) is 2.19. The topological polar surface area (TPSA) is 18.5 Å². The lowest BCUT2D eigenvalue weighted by atomic mass is 10.3. The maximum absolute atomic E-state index is 5.34. The van der Waals surface area contributed by atoms with E-state index in [9.17, 15) is 0 Å². The minimum absolute atomic E-state index is 0.483. The van der Waals surface area contributed by atoms with Gasteiger partial charge in [0.2, 0.25) is 5.01 Å². The van der Waals surface area contributed by atoms with Crippen molar-refractivity contribution in [1.29, 1.82) is 0 Å². The first kappa shape index (κ1) is 6.98. The summed E-state index contributed by atoms with van der Waals surface area (Å²) in [6.07, 6.45) is 0. The third-order valence-corrected chi connectivity index (χ3v) is 1.80. The van der Waals surface area contributed by atoms with Crippen LogP contribution >= 0.6 is 15.9 Å². The molecule has 0 bridgehead atoms. The fourth-order valence-electron chi connectivity index (χ4n) is 0.937. The van der Waals surface area contributed by atoms with Crippen molar-refractivity contribution >= 4 is 15.9 Å². The van der Waals surface area contributed by atoms with Crippen LogP contribution in [-0.2, 0) is 0 Å². The summed E-state index contributed by atoms with van der Waals surface area (Å²) >= 11 is 3.23. The number of ether oxygens (including phenoxy) is 2. The zero-order chi connectivity index (χ0) is 7.68. The van der Waals surface area contributed by atoms with Crippen molar-refractivity contribution in [2.45, 2.75) is 0 Å². The average Bonchev–Trinajstić information content (AvgIpc) is 2.04. The van der Waals surface area contributed by atoms with Crippen LogP contribution < -0.4 is 9.47 Å². The highest BCUT2D eigenvalue weighted by atomic mass is 79.9. The average molecular weight is 214 g/mol. The first-order valence-corrected chi connectivity index (χ1v) is 4.06. The van der Waals surface area contributed by atoms with Gasteiger partial charge >= 0.3 is 0 Å². The predicted molar refractivity (Wildman–Crippen MR) is 44.7 cm³/mol. The minimum Gasteiger partial charge on any atom is -0.484 e. The van der Waals surface area contributed by atoms with E-state index in [-0.39, 0.29) is 0 Å². The van der Waals surface area contributed by atoms with Crippen molar-refractivity contribution in [3.05, 3.63) is 29.3 Å². The third kappa shape index (κ3) is 1.33. The number of hydrogen-bond acceptors (Lipinski definition) is 2. The molecule has 1 heterocycles. The van der Waals surface area contributed by atoms with E-state index in [2.05, 4.69) is 15.9 Å². The molecule has 0 fully saturated rings. The number of benzene rings is 1. The Labute approximate surface area is 73.3 Å². The van der Waals surface area contributed by atoms with Crippen LogP contribution in [0.25, 0.3) is 0 Å². The molecule has 1 aliphatic heterocycles. The zero-order valence-corrected chi connectivity index (χ0v) is 7.30. The van der Waals surface area contributed by atoms with Crippen molar-refractivity contribution in [2.24, 2.45) is 0 Å². The Morgan fingerprint density at radius 1 is 1.18 bits per heavy atom. The molecule has 1 radical (unpaired) electrons. The molecule has 1 aromatic carbocycles. The summed E-state index contributed by atoms with van der Waals surface area (Å²) in [6.45, 7) is 0.483. The van der Waals surface area contributed by atoms with Gasteiger partial charge in [-0.2, -0.15) is 0 Å². The Kier molecular flexibility index (Phi) is 1.74. The van der Waals surface area contributed by atoms with Crippen LogP contribution in [0.4, 0.5) is 0 Å². The van der Waals surface area contributed by atoms with E-state index >= 15 is 0 Å². The van der Waals surface area contributed by atoms with E-state index in [1.54, 1.807) is 0 Å². The molecule has 0 aromatic heterocycles. The second-order valence-corrected chi connectivity index (χ2v) is 3.08. The van der Waals surface area contributed by atoms with Gasteiger partial charge in [-0.3, -0.25) is 0 Å². The first-order valence-electron chi connectivity index (χ1n) is 3.27. The van der Waals surface area contributed by atoms with Crippen molar-refractivity contribution < 1.29 is 9.47 Å². The van der Waals surface area contributed by atoms with Crippen molar-refractivity contribution in [1.82, 2.24) is 0 Å². The monoisotopic (exact) mass is 213 g/mol. The molecule has 0 atom stereocenters. The van der Waals surface area contributed by atoms with Crippen LogP contribution in [0.1, 0.15) is 0 Å². The van der Waals surface area contributed by atoms with Crippen LogP contribution in [0, 0.1) is 5.01 Å². The van der Waals surface area contributed by atoms with Gasteiger partial charge in [-0.1, -0.05) is 12.1 Å². The van der Waals surface area contributed by atoms with E-state index < -0.39 is 0 Å². The standard InChI is InChI=1S/C8H6BrO2/c9-8-5-10-6-3-1-2-4-7(6)11-8/h1-4H,5H2. The van der Waals surface area contributed by atoms with E-state index in [0.29, 0.717) is 6.61 Å². The van der Waals surface area contributed by atoms with Gasteiger partial charge in [0.25, 0.3) is 0 Å². The fraction of sp³-hybridized carbons (Fsp3) is 0.125. The van der Waals surface area contributed by atoms with E-state index in [0.717, 1.165) is 16.5 Å². The van der Waals surface area contributed by atoms with Crippen molar-refractivity contribution in [2.75, 3.05) is 6.61 Å². The number of halogens is 1. The highest BCUT2D eigenvalue weighted by molar-refractivity contribution is 9.11. The molecule has 0 saturated heterocycles. The number of rotatable bonds is 0. The largest absolute Gasteiger partial charge is 0.484 e. The van der Waals surface area contributed by atoms with Gasteiger partial charge < -0.3 is 9.47 Å². The van der Waals surface area contributed by atoms with Crippen molar-refractivity contribution in [3.8, 4) is 11.5 Å². The number of hydrogen-bond donors (Lipinski definition) is 0. The summed E-state index contributed by atoms with van der Waals surface area (Å²) in [6, 6.07) is 7.58. The summed E-state index contributed by atoms with van der Waals surface area (Å²) < 4.78 is 10.7. The SMILES string of the molecule is Br[C]1COc2ccccc2O1. The van der Waals surface area contributed by atoms with Gasteiger partial charge in [-0.25, -0.2) is 0 Å². The Morgan fingerprint density at radius 2 is 1.91 bits per heavy atom. The van der Waals surface area contributed by atoms with Gasteiger partial charge in [0.15, 0.2) is 11.5 Å². The highest BCUT2D eigenvalue weighted by Gasteiger charge is 2.18. The van der Waals surface area contributed by atoms with Crippen LogP contribution in [-0.4, -0.2) is 6.61 Å². The molecule has 0 amide bonds. The Hall–Kier alpha value is -0.700. The molecular weight excluding hydrogens is 208 g/mol. The zero-order valence-electron chi connectivity index (χ0n) is 5.71. The molecule has 2 nitrogen and oxygen atoms in total. The first-order chi connectivity index (χ1) is 5.36. The van der Waals surface area contributed by atoms with Crippen LogP contribution in [0.3, 0.4) is 0 Å². The maximum Gasteiger partial charge on any atom is 0.249 e. The third-order valence-electron chi connectivity index (χ3n) is 1.41. The van der Waals surface area contributed by atoms with Crippen LogP contribution in [0.2, 0.25) is 0 Å². The fourth-order valence-corrected chi connectivity index (χ4v) is 1.23. The Bertz CT molecular complexity index is 262. The molecule has 0 spiro atoms. The molecule has 3 heteroatoms. The molecule has 57 valence electrons. The molecule has 0 saturated carbocycles. The molecule has 0 N–H and O–H groups in total. The quantitative estimate of drug-likeness (QED) is 0.659. The summed E-state index contributed by atoms with van der Waals surface area (Å²) in [5.74, 6) is 1.57. The summed E-state index contributed by atoms with van der Waals surface area (Å²) in [4.78, 5) is 0.